The van der Waals surface area contributed by atoms with E-state index in [1.165, 1.54) is 24.3 Å². The number of nitrogens with zero attached hydrogens (tertiary/aromatic N) is 1. The molecular weight excluding hydrogens is 324 g/mol. The average Bonchev–Trinajstić information content (AvgIpc) is 2.79. The fourth-order valence-electron chi connectivity index (χ4n) is 2.07. The zero-order valence-corrected chi connectivity index (χ0v) is 12.7. The smallest absolute Gasteiger partial charge is 0.335 e. The molecule has 1 heterocycles. The highest BCUT2D eigenvalue weighted by molar-refractivity contribution is 8.00. The second-order valence-corrected chi connectivity index (χ2v) is 6.13. The van der Waals surface area contributed by atoms with Gasteiger partial charge in [-0.15, -0.1) is 11.8 Å². The number of anilines is 1. The van der Waals surface area contributed by atoms with Crippen molar-refractivity contribution in [2.75, 3.05) is 10.7 Å². The molecule has 0 spiro atoms. The number of benzene rings is 1. The molecule has 0 aliphatic carbocycles. The third-order valence-corrected chi connectivity index (χ3v) is 4.57. The van der Waals surface area contributed by atoms with Gasteiger partial charge in [0.05, 0.1) is 16.5 Å². The number of amides is 2. The van der Waals surface area contributed by atoms with Crippen molar-refractivity contribution in [1.29, 1.82) is 0 Å². The highest BCUT2D eigenvalue weighted by atomic mass is 32.2. The Morgan fingerprint density at radius 3 is 2.65 bits per heavy atom. The molecule has 4 N–H and O–H groups in total. The molecule has 1 aliphatic heterocycles. The summed E-state index contributed by atoms with van der Waals surface area (Å²) in [6, 6.07) is 4.40. The Morgan fingerprint density at radius 1 is 1.35 bits per heavy atom. The number of carbonyl (C=O) groups is 4. The molecule has 0 aromatic heterocycles. The second kappa shape index (κ2) is 6.80. The first kappa shape index (κ1) is 17.0. The molecule has 0 bridgehead atoms. The number of nitrogens with two attached hydrogens (primary N) is 1. The van der Waals surface area contributed by atoms with Crippen LogP contribution in [-0.4, -0.2) is 51.0 Å². The maximum absolute atomic E-state index is 12.3. The molecule has 0 radical (unpaired) electrons. The van der Waals surface area contributed by atoms with Gasteiger partial charge in [0.2, 0.25) is 11.8 Å². The third-order valence-electron chi connectivity index (χ3n) is 3.25. The first-order chi connectivity index (χ1) is 10.8. The van der Waals surface area contributed by atoms with Crippen LogP contribution < -0.4 is 10.6 Å². The van der Waals surface area contributed by atoms with Crippen molar-refractivity contribution < 1.29 is 29.4 Å². The molecule has 2 amide bonds. The lowest BCUT2D eigenvalue weighted by atomic mass is 10.2. The number of aromatic carboxylic acids is 1. The molecule has 1 saturated heterocycles. The zero-order chi connectivity index (χ0) is 17.1. The topological polar surface area (TPSA) is 138 Å². The summed E-state index contributed by atoms with van der Waals surface area (Å²) in [6.07, 6.45) is -0.0763. The number of hydrogen-bond donors (Lipinski definition) is 3. The predicted molar refractivity (Wildman–Crippen MR) is 82.4 cm³/mol. The van der Waals surface area contributed by atoms with Gasteiger partial charge in [0.1, 0.15) is 6.04 Å². The summed E-state index contributed by atoms with van der Waals surface area (Å²) in [5, 5.41) is 17.0. The third kappa shape index (κ3) is 3.69. The van der Waals surface area contributed by atoms with E-state index < -0.39 is 35.0 Å². The molecule has 0 saturated carbocycles. The lowest BCUT2D eigenvalue weighted by molar-refractivity contribution is -0.138. The molecule has 122 valence electrons. The van der Waals surface area contributed by atoms with Crippen LogP contribution in [-0.2, 0) is 14.4 Å². The van der Waals surface area contributed by atoms with Crippen LogP contribution >= 0.6 is 11.8 Å². The maximum atomic E-state index is 12.3. The van der Waals surface area contributed by atoms with Gasteiger partial charge in [0, 0.05) is 12.2 Å². The van der Waals surface area contributed by atoms with E-state index in [-0.39, 0.29) is 23.4 Å². The first-order valence-corrected chi connectivity index (χ1v) is 7.66. The number of rotatable bonds is 6. The van der Waals surface area contributed by atoms with Crippen LogP contribution in [0.4, 0.5) is 5.69 Å². The summed E-state index contributed by atoms with van der Waals surface area (Å²) < 4.78 is 0. The molecule has 8 nitrogen and oxygen atoms in total. The minimum absolute atomic E-state index is 0.00201. The van der Waals surface area contributed by atoms with Gasteiger partial charge in [0.25, 0.3) is 0 Å². The van der Waals surface area contributed by atoms with Crippen LogP contribution in [0.5, 0.6) is 0 Å². The van der Waals surface area contributed by atoms with E-state index in [9.17, 15) is 19.2 Å². The Bertz CT molecular complexity index is 677. The van der Waals surface area contributed by atoms with E-state index in [4.69, 9.17) is 15.9 Å². The molecule has 2 atom stereocenters. The summed E-state index contributed by atoms with van der Waals surface area (Å²) in [7, 11) is 0. The number of carboxylic acids is 2. The van der Waals surface area contributed by atoms with Crippen molar-refractivity contribution in [2.45, 2.75) is 17.7 Å². The van der Waals surface area contributed by atoms with E-state index in [1.54, 1.807) is 0 Å². The quantitative estimate of drug-likeness (QED) is 0.624. The Kier molecular flexibility index (Phi) is 5.02. The van der Waals surface area contributed by atoms with E-state index in [1.807, 2.05) is 0 Å². The Morgan fingerprint density at radius 2 is 2.04 bits per heavy atom. The molecule has 9 heteroatoms. The Labute approximate surface area is 135 Å². The number of thioether (sulfide) groups is 1. The lowest BCUT2D eigenvalue weighted by Gasteiger charge is -2.15. The maximum Gasteiger partial charge on any atom is 0.335 e. The number of aliphatic carboxylic acids is 1. The van der Waals surface area contributed by atoms with Crippen molar-refractivity contribution in [2.24, 2.45) is 5.73 Å². The predicted octanol–water partition coefficient (Wildman–Crippen LogP) is 0.162. The molecule has 2 rings (SSSR count). The normalized spacial score (nSPS) is 19.0. The van der Waals surface area contributed by atoms with E-state index in [2.05, 4.69) is 0 Å². The zero-order valence-electron chi connectivity index (χ0n) is 11.8. The summed E-state index contributed by atoms with van der Waals surface area (Å²) in [4.78, 5) is 47.0. The van der Waals surface area contributed by atoms with Crippen LogP contribution in [0.15, 0.2) is 24.3 Å². The number of carboxylic acid groups (broad SMARTS) is 2. The van der Waals surface area contributed by atoms with Gasteiger partial charge in [-0.05, 0) is 18.2 Å². The number of imide groups is 1. The molecule has 0 unspecified atom stereocenters. The van der Waals surface area contributed by atoms with Crippen LogP contribution in [0.2, 0.25) is 0 Å². The van der Waals surface area contributed by atoms with Crippen molar-refractivity contribution in [3.63, 3.8) is 0 Å². The van der Waals surface area contributed by atoms with Crippen molar-refractivity contribution in [3.8, 4) is 0 Å². The SMILES string of the molecule is N[C@H](CS[C@@H]1CC(=O)N(c2cccc(C(=O)O)c2)C1=O)C(=O)O. The van der Waals surface area contributed by atoms with Gasteiger partial charge in [-0.1, -0.05) is 6.07 Å². The molecular formula is C14H14N2O6S. The van der Waals surface area contributed by atoms with Crippen molar-refractivity contribution in [3.05, 3.63) is 29.8 Å². The first-order valence-electron chi connectivity index (χ1n) is 6.61. The molecule has 1 aliphatic rings. The van der Waals surface area contributed by atoms with Crippen LogP contribution in [0.3, 0.4) is 0 Å². The van der Waals surface area contributed by atoms with Gasteiger partial charge in [-0.3, -0.25) is 14.4 Å². The minimum Gasteiger partial charge on any atom is -0.480 e. The summed E-state index contributed by atoms with van der Waals surface area (Å²) >= 11 is 1.01. The Balaban J connectivity index is 2.14. The van der Waals surface area contributed by atoms with Gasteiger partial charge in [-0.2, -0.15) is 0 Å². The summed E-state index contributed by atoms with van der Waals surface area (Å²) in [5.41, 5.74) is 5.53. The fraction of sp³-hybridized carbons (Fsp3) is 0.286. The molecule has 23 heavy (non-hydrogen) atoms. The van der Waals surface area contributed by atoms with E-state index in [0.29, 0.717) is 0 Å². The Hall–Kier alpha value is -2.39. The van der Waals surface area contributed by atoms with Crippen molar-refractivity contribution >= 4 is 41.2 Å². The van der Waals surface area contributed by atoms with Gasteiger partial charge < -0.3 is 15.9 Å². The summed E-state index contributed by atoms with van der Waals surface area (Å²) in [5.74, 6) is -3.30. The standard InChI is InChI=1S/C14H14N2O6S/c15-9(14(21)22)6-23-10-5-11(17)16(12(10)18)8-3-1-2-7(4-8)13(19)20/h1-4,9-10H,5-6,15H2,(H,19,20)(H,21,22)/t9-,10-/m1/s1. The minimum atomic E-state index is -1.18. The summed E-state index contributed by atoms with van der Waals surface area (Å²) in [6.45, 7) is 0. The van der Waals surface area contributed by atoms with Crippen molar-refractivity contribution in [1.82, 2.24) is 0 Å². The second-order valence-electron chi connectivity index (χ2n) is 4.89. The van der Waals surface area contributed by atoms with Crippen LogP contribution in [0.1, 0.15) is 16.8 Å². The largest absolute Gasteiger partial charge is 0.480 e. The van der Waals surface area contributed by atoms with Gasteiger partial charge in [-0.25, -0.2) is 9.69 Å². The highest BCUT2D eigenvalue weighted by Gasteiger charge is 2.40. The fourth-order valence-corrected chi connectivity index (χ4v) is 3.17. The van der Waals surface area contributed by atoms with Crippen LogP contribution in [0, 0.1) is 0 Å². The lowest BCUT2D eigenvalue weighted by Crippen LogP contribution is -2.35. The van der Waals surface area contributed by atoms with E-state index >= 15 is 0 Å². The highest BCUT2D eigenvalue weighted by Crippen LogP contribution is 2.30. The monoisotopic (exact) mass is 338 g/mol. The van der Waals surface area contributed by atoms with Gasteiger partial charge >= 0.3 is 11.9 Å². The van der Waals surface area contributed by atoms with E-state index in [0.717, 1.165) is 16.7 Å². The van der Waals surface area contributed by atoms with Crippen LogP contribution in [0.25, 0.3) is 0 Å². The number of carbonyl (C=O) groups excluding carboxylic acids is 2. The average molecular weight is 338 g/mol. The number of hydrogen-bond acceptors (Lipinski definition) is 6. The molecule has 1 fully saturated rings. The molecule has 1 aromatic rings. The van der Waals surface area contributed by atoms with Gasteiger partial charge in [0.15, 0.2) is 0 Å². The molecule has 1 aromatic carbocycles.